The van der Waals surface area contributed by atoms with Crippen LogP contribution in [-0.4, -0.2) is 43.0 Å². The van der Waals surface area contributed by atoms with Crippen LogP contribution in [0.25, 0.3) is 0 Å². The van der Waals surface area contributed by atoms with E-state index in [-0.39, 0.29) is 11.9 Å². The minimum atomic E-state index is -0.0559. The van der Waals surface area contributed by atoms with E-state index in [1.54, 1.807) is 0 Å². The number of hydrogen-bond acceptors (Lipinski definition) is 3. The van der Waals surface area contributed by atoms with Gasteiger partial charge >= 0.3 is 0 Å². The Morgan fingerprint density at radius 3 is 2.71 bits per heavy atom. The summed E-state index contributed by atoms with van der Waals surface area (Å²) in [5.41, 5.74) is 5.38. The Labute approximate surface area is 85.8 Å². The number of nitrogens with one attached hydrogen (secondary N) is 1. The lowest BCUT2D eigenvalue weighted by atomic mass is 10.3. The van der Waals surface area contributed by atoms with Crippen molar-refractivity contribution in [2.75, 3.05) is 26.2 Å². The second-order valence-electron chi connectivity index (χ2n) is 3.85. The van der Waals surface area contributed by atoms with Gasteiger partial charge in [-0.3, -0.25) is 4.79 Å². The van der Waals surface area contributed by atoms with Crippen LogP contribution in [0.3, 0.4) is 0 Å². The molecular weight excluding hydrogens is 178 g/mol. The molecule has 82 valence electrons. The summed E-state index contributed by atoms with van der Waals surface area (Å²) < 4.78 is 0. The van der Waals surface area contributed by atoms with Crippen molar-refractivity contribution < 1.29 is 4.79 Å². The first kappa shape index (κ1) is 11.5. The van der Waals surface area contributed by atoms with E-state index in [1.165, 1.54) is 0 Å². The maximum absolute atomic E-state index is 11.8. The monoisotopic (exact) mass is 199 g/mol. The summed E-state index contributed by atoms with van der Waals surface area (Å²) in [6.45, 7) is 5.30. The summed E-state index contributed by atoms with van der Waals surface area (Å²) in [7, 11) is 0. The standard InChI is InChI=1S/C10H21N3O/c1-9(12-6-4-5-11)10(14)13-7-2-3-8-13/h9,12H,2-8,11H2,1H3. The van der Waals surface area contributed by atoms with Crippen molar-refractivity contribution in [2.24, 2.45) is 5.73 Å². The number of nitrogens with two attached hydrogens (primary N) is 1. The first-order valence-corrected chi connectivity index (χ1v) is 5.48. The zero-order valence-electron chi connectivity index (χ0n) is 8.96. The number of nitrogens with zero attached hydrogens (tertiary/aromatic N) is 1. The van der Waals surface area contributed by atoms with E-state index < -0.39 is 0 Å². The average Bonchev–Trinajstić information content (AvgIpc) is 2.69. The van der Waals surface area contributed by atoms with Crippen molar-refractivity contribution in [1.82, 2.24) is 10.2 Å². The highest BCUT2D eigenvalue weighted by Crippen LogP contribution is 2.08. The summed E-state index contributed by atoms with van der Waals surface area (Å²) in [5.74, 6) is 0.236. The van der Waals surface area contributed by atoms with E-state index in [2.05, 4.69) is 5.32 Å². The van der Waals surface area contributed by atoms with Gasteiger partial charge in [-0.1, -0.05) is 0 Å². The van der Waals surface area contributed by atoms with E-state index in [1.807, 2.05) is 11.8 Å². The topological polar surface area (TPSA) is 58.4 Å². The molecule has 1 aliphatic rings. The fourth-order valence-electron chi connectivity index (χ4n) is 1.72. The molecular formula is C10H21N3O. The number of carbonyl (C=O) groups is 1. The van der Waals surface area contributed by atoms with Gasteiger partial charge in [0.15, 0.2) is 0 Å². The smallest absolute Gasteiger partial charge is 0.239 e. The van der Waals surface area contributed by atoms with Crippen molar-refractivity contribution in [3.05, 3.63) is 0 Å². The Bertz CT molecular complexity index is 178. The van der Waals surface area contributed by atoms with Crippen LogP contribution in [0.2, 0.25) is 0 Å². The normalized spacial score (nSPS) is 18.6. The molecule has 1 unspecified atom stereocenters. The summed E-state index contributed by atoms with van der Waals surface area (Å²) in [6, 6.07) is -0.0559. The molecule has 1 amide bonds. The molecule has 4 heteroatoms. The Morgan fingerprint density at radius 2 is 2.14 bits per heavy atom. The van der Waals surface area contributed by atoms with Crippen LogP contribution in [0, 0.1) is 0 Å². The third-order valence-electron chi connectivity index (χ3n) is 2.62. The molecule has 1 atom stereocenters. The molecule has 14 heavy (non-hydrogen) atoms. The Kier molecular flexibility index (Phi) is 4.90. The minimum Gasteiger partial charge on any atom is -0.341 e. The lowest BCUT2D eigenvalue weighted by Gasteiger charge is -2.20. The lowest BCUT2D eigenvalue weighted by molar-refractivity contribution is -0.131. The molecule has 1 aliphatic heterocycles. The minimum absolute atomic E-state index is 0.0559. The number of hydrogen-bond donors (Lipinski definition) is 2. The number of carbonyl (C=O) groups excluding carboxylic acids is 1. The van der Waals surface area contributed by atoms with Gasteiger partial charge in [-0.2, -0.15) is 0 Å². The van der Waals surface area contributed by atoms with Crippen LogP contribution >= 0.6 is 0 Å². The first-order valence-electron chi connectivity index (χ1n) is 5.48. The van der Waals surface area contributed by atoms with E-state index in [9.17, 15) is 4.79 Å². The second kappa shape index (κ2) is 5.98. The molecule has 0 bridgehead atoms. The van der Waals surface area contributed by atoms with Gasteiger partial charge in [0.05, 0.1) is 6.04 Å². The number of rotatable bonds is 5. The maximum atomic E-state index is 11.8. The molecule has 0 aromatic heterocycles. The SMILES string of the molecule is CC(NCCCN)C(=O)N1CCCC1. The van der Waals surface area contributed by atoms with Gasteiger partial charge < -0.3 is 16.0 Å². The lowest BCUT2D eigenvalue weighted by Crippen LogP contribution is -2.44. The van der Waals surface area contributed by atoms with Crippen LogP contribution in [0.15, 0.2) is 0 Å². The first-order chi connectivity index (χ1) is 6.75. The summed E-state index contributed by atoms with van der Waals surface area (Å²) in [6.07, 6.45) is 3.24. The second-order valence-corrected chi connectivity index (χ2v) is 3.85. The summed E-state index contributed by atoms with van der Waals surface area (Å²) in [4.78, 5) is 13.7. The highest BCUT2D eigenvalue weighted by atomic mass is 16.2. The molecule has 0 radical (unpaired) electrons. The van der Waals surface area contributed by atoms with Crippen LogP contribution in [0.1, 0.15) is 26.2 Å². The molecule has 0 spiro atoms. The fourth-order valence-corrected chi connectivity index (χ4v) is 1.72. The maximum Gasteiger partial charge on any atom is 0.239 e. The predicted octanol–water partition coefficient (Wildman–Crippen LogP) is -0.0643. The van der Waals surface area contributed by atoms with E-state index in [0.29, 0.717) is 6.54 Å². The molecule has 1 saturated heterocycles. The zero-order chi connectivity index (χ0) is 10.4. The van der Waals surface area contributed by atoms with Crippen molar-refractivity contribution in [1.29, 1.82) is 0 Å². The molecule has 0 aromatic rings. The molecule has 3 N–H and O–H groups in total. The van der Waals surface area contributed by atoms with Gasteiger partial charge in [0, 0.05) is 13.1 Å². The molecule has 4 nitrogen and oxygen atoms in total. The number of likely N-dealkylation sites (tertiary alicyclic amines) is 1. The Balaban J connectivity index is 2.21. The highest BCUT2D eigenvalue weighted by molar-refractivity contribution is 5.81. The van der Waals surface area contributed by atoms with Crippen molar-refractivity contribution >= 4 is 5.91 Å². The molecule has 0 aliphatic carbocycles. The van der Waals surface area contributed by atoms with Gasteiger partial charge in [-0.25, -0.2) is 0 Å². The molecule has 1 rings (SSSR count). The summed E-state index contributed by atoms with van der Waals surface area (Å²) in [5, 5.41) is 3.19. The fraction of sp³-hybridized carbons (Fsp3) is 0.900. The van der Waals surface area contributed by atoms with Crippen molar-refractivity contribution in [3.8, 4) is 0 Å². The third kappa shape index (κ3) is 3.27. The molecule has 1 fully saturated rings. The average molecular weight is 199 g/mol. The Morgan fingerprint density at radius 1 is 1.50 bits per heavy atom. The van der Waals surface area contributed by atoms with Gasteiger partial charge in [0.25, 0.3) is 0 Å². The van der Waals surface area contributed by atoms with Crippen LogP contribution in [-0.2, 0) is 4.79 Å². The number of amides is 1. The van der Waals surface area contributed by atoms with E-state index in [0.717, 1.165) is 38.9 Å². The largest absolute Gasteiger partial charge is 0.341 e. The summed E-state index contributed by atoms with van der Waals surface area (Å²) >= 11 is 0. The van der Waals surface area contributed by atoms with Crippen LogP contribution in [0.5, 0.6) is 0 Å². The van der Waals surface area contributed by atoms with E-state index >= 15 is 0 Å². The van der Waals surface area contributed by atoms with Gasteiger partial charge in [-0.05, 0) is 39.3 Å². The Hall–Kier alpha value is -0.610. The van der Waals surface area contributed by atoms with Gasteiger partial charge in [0.1, 0.15) is 0 Å². The van der Waals surface area contributed by atoms with E-state index in [4.69, 9.17) is 5.73 Å². The van der Waals surface area contributed by atoms with Crippen molar-refractivity contribution in [3.63, 3.8) is 0 Å². The third-order valence-corrected chi connectivity index (χ3v) is 2.62. The van der Waals surface area contributed by atoms with Gasteiger partial charge in [-0.15, -0.1) is 0 Å². The zero-order valence-corrected chi connectivity index (χ0v) is 8.96. The predicted molar refractivity (Wildman–Crippen MR) is 57.0 cm³/mol. The van der Waals surface area contributed by atoms with Crippen LogP contribution in [0.4, 0.5) is 0 Å². The quantitative estimate of drug-likeness (QED) is 0.610. The van der Waals surface area contributed by atoms with Crippen LogP contribution < -0.4 is 11.1 Å². The molecule has 0 aromatic carbocycles. The van der Waals surface area contributed by atoms with Crippen molar-refractivity contribution in [2.45, 2.75) is 32.2 Å². The molecule has 1 heterocycles. The molecule has 0 saturated carbocycles. The van der Waals surface area contributed by atoms with Gasteiger partial charge in [0.2, 0.25) is 5.91 Å². The highest BCUT2D eigenvalue weighted by Gasteiger charge is 2.22.